The van der Waals surface area contributed by atoms with Gasteiger partial charge in [-0.15, -0.1) is 0 Å². The molecule has 0 bridgehead atoms. The summed E-state index contributed by atoms with van der Waals surface area (Å²) in [6.45, 7) is 4.23. The Morgan fingerprint density at radius 2 is 2.25 bits per heavy atom. The van der Waals surface area contributed by atoms with Crippen molar-refractivity contribution in [3.05, 3.63) is 24.2 Å². The number of nitrogens with one attached hydrogen (secondary N) is 1. The summed E-state index contributed by atoms with van der Waals surface area (Å²) in [6.07, 6.45) is 7.49. The smallest absolute Gasteiger partial charge is 0.287 e. The predicted molar refractivity (Wildman–Crippen MR) is 64.4 cm³/mol. The zero-order chi connectivity index (χ0) is 11.8. The molecule has 1 N–H and O–H groups in total. The lowest BCUT2D eigenvalue weighted by atomic mass is 10.1. The van der Waals surface area contributed by atoms with Gasteiger partial charge in [0.2, 0.25) is 0 Å². The van der Waals surface area contributed by atoms with Crippen molar-refractivity contribution in [1.82, 2.24) is 5.32 Å². The van der Waals surface area contributed by atoms with E-state index in [0.29, 0.717) is 5.76 Å². The molecule has 3 nitrogen and oxygen atoms in total. The number of hydrogen-bond acceptors (Lipinski definition) is 2. The molecular formula is C13H21NO2. The second-order valence-electron chi connectivity index (χ2n) is 4.20. The van der Waals surface area contributed by atoms with E-state index in [1.165, 1.54) is 31.9 Å². The van der Waals surface area contributed by atoms with Gasteiger partial charge in [0.1, 0.15) is 0 Å². The van der Waals surface area contributed by atoms with Gasteiger partial charge in [0.05, 0.1) is 6.26 Å². The topological polar surface area (TPSA) is 42.2 Å². The number of rotatable bonds is 7. The largest absolute Gasteiger partial charge is 0.459 e. The van der Waals surface area contributed by atoms with Crippen molar-refractivity contribution in [2.45, 2.75) is 52.0 Å². The van der Waals surface area contributed by atoms with Gasteiger partial charge in [-0.1, -0.05) is 32.6 Å². The molecule has 1 rings (SSSR count). The monoisotopic (exact) mass is 223 g/mol. The van der Waals surface area contributed by atoms with E-state index >= 15 is 0 Å². The van der Waals surface area contributed by atoms with Gasteiger partial charge in [-0.05, 0) is 25.5 Å². The van der Waals surface area contributed by atoms with E-state index in [9.17, 15) is 4.79 Å². The molecule has 0 aliphatic carbocycles. The summed E-state index contributed by atoms with van der Waals surface area (Å²) in [7, 11) is 0. The van der Waals surface area contributed by atoms with Gasteiger partial charge < -0.3 is 9.73 Å². The van der Waals surface area contributed by atoms with Crippen LogP contribution in [-0.2, 0) is 0 Å². The van der Waals surface area contributed by atoms with Gasteiger partial charge in [0.25, 0.3) is 5.91 Å². The highest BCUT2D eigenvalue weighted by atomic mass is 16.3. The van der Waals surface area contributed by atoms with Crippen LogP contribution >= 0.6 is 0 Å². The maximum atomic E-state index is 11.6. The number of unbranched alkanes of at least 4 members (excludes halogenated alkanes) is 3. The normalized spacial score (nSPS) is 12.4. The van der Waals surface area contributed by atoms with E-state index in [1.54, 1.807) is 12.1 Å². The SMILES string of the molecule is CCCCCCC(C)NC(=O)c1ccco1. The Kier molecular flexibility index (Phi) is 5.68. The van der Waals surface area contributed by atoms with Crippen LogP contribution in [-0.4, -0.2) is 11.9 Å². The highest BCUT2D eigenvalue weighted by Crippen LogP contribution is 2.06. The first-order valence-electron chi connectivity index (χ1n) is 6.08. The number of carbonyl (C=O) groups is 1. The summed E-state index contributed by atoms with van der Waals surface area (Å²) in [5.41, 5.74) is 0. The van der Waals surface area contributed by atoms with Gasteiger partial charge in [-0.25, -0.2) is 0 Å². The lowest BCUT2D eigenvalue weighted by Gasteiger charge is -2.12. The predicted octanol–water partition coefficient (Wildman–Crippen LogP) is 3.37. The highest BCUT2D eigenvalue weighted by molar-refractivity contribution is 5.91. The number of amides is 1. The summed E-state index contributed by atoms with van der Waals surface area (Å²) in [5.74, 6) is 0.272. The van der Waals surface area contributed by atoms with Crippen molar-refractivity contribution >= 4 is 5.91 Å². The Balaban J connectivity index is 2.19. The van der Waals surface area contributed by atoms with Gasteiger partial charge in [-0.2, -0.15) is 0 Å². The third-order valence-corrected chi connectivity index (χ3v) is 2.61. The average molecular weight is 223 g/mol. The molecule has 16 heavy (non-hydrogen) atoms. The molecule has 1 unspecified atom stereocenters. The van der Waals surface area contributed by atoms with Gasteiger partial charge in [-0.3, -0.25) is 4.79 Å². The Hall–Kier alpha value is -1.25. The molecule has 0 aromatic carbocycles. The van der Waals surface area contributed by atoms with Gasteiger partial charge >= 0.3 is 0 Å². The molecule has 0 saturated heterocycles. The minimum atomic E-state index is -0.118. The van der Waals surface area contributed by atoms with Crippen molar-refractivity contribution in [2.24, 2.45) is 0 Å². The van der Waals surface area contributed by atoms with Crippen LogP contribution in [0.5, 0.6) is 0 Å². The van der Waals surface area contributed by atoms with Crippen LogP contribution < -0.4 is 5.32 Å². The lowest BCUT2D eigenvalue weighted by Crippen LogP contribution is -2.32. The summed E-state index contributed by atoms with van der Waals surface area (Å²) in [6, 6.07) is 3.62. The molecule has 1 amide bonds. The van der Waals surface area contributed by atoms with Crippen molar-refractivity contribution in [3.63, 3.8) is 0 Å². The minimum Gasteiger partial charge on any atom is -0.459 e. The van der Waals surface area contributed by atoms with E-state index in [-0.39, 0.29) is 11.9 Å². The van der Waals surface area contributed by atoms with Crippen molar-refractivity contribution < 1.29 is 9.21 Å². The van der Waals surface area contributed by atoms with Crippen LogP contribution in [0.2, 0.25) is 0 Å². The first-order valence-corrected chi connectivity index (χ1v) is 6.08. The Bertz CT molecular complexity index is 293. The number of furan rings is 1. The summed E-state index contributed by atoms with van der Waals surface area (Å²) in [4.78, 5) is 11.6. The Labute approximate surface area is 97.2 Å². The quantitative estimate of drug-likeness (QED) is 0.720. The molecule has 0 aliphatic heterocycles. The van der Waals surface area contributed by atoms with Gasteiger partial charge in [0.15, 0.2) is 5.76 Å². The minimum absolute atomic E-state index is 0.118. The molecule has 1 heterocycles. The highest BCUT2D eigenvalue weighted by Gasteiger charge is 2.11. The van der Waals surface area contributed by atoms with Crippen molar-refractivity contribution in [3.8, 4) is 0 Å². The van der Waals surface area contributed by atoms with Crippen LogP contribution in [0.4, 0.5) is 0 Å². The fraction of sp³-hybridized carbons (Fsp3) is 0.615. The van der Waals surface area contributed by atoms with Crippen molar-refractivity contribution in [2.75, 3.05) is 0 Å². The average Bonchev–Trinajstić information content (AvgIpc) is 2.77. The zero-order valence-electron chi connectivity index (χ0n) is 10.2. The first kappa shape index (κ1) is 12.8. The molecule has 1 aromatic rings. The van der Waals surface area contributed by atoms with E-state index < -0.39 is 0 Å². The fourth-order valence-electron chi connectivity index (χ4n) is 1.65. The molecule has 0 aliphatic rings. The van der Waals surface area contributed by atoms with E-state index in [0.717, 1.165) is 6.42 Å². The van der Waals surface area contributed by atoms with Crippen LogP contribution in [0.25, 0.3) is 0 Å². The molecule has 1 aromatic heterocycles. The molecule has 1 atom stereocenters. The molecule has 0 fully saturated rings. The molecule has 90 valence electrons. The summed E-state index contributed by atoms with van der Waals surface area (Å²) in [5, 5.41) is 2.93. The van der Waals surface area contributed by atoms with Crippen molar-refractivity contribution in [1.29, 1.82) is 0 Å². The first-order chi connectivity index (χ1) is 7.74. The maximum absolute atomic E-state index is 11.6. The molecule has 3 heteroatoms. The lowest BCUT2D eigenvalue weighted by molar-refractivity contribution is 0.0910. The van der Waals surface area contributed by atoms with Crippen LogP contribution in [0.15, 0.2) is 22.8 Å². The molecule has 0 spiro atoms. The molecular weight excluding hydrogens is 202 g/mol. The number of carbonyl (C=O) groups excluding carboxylic acids is 1. The summed E-state index contributed by atoms with van der Waals surface area (Å²) >= 11 is 0. The van der Waals surface area contributed by atoms with E-state index in [4.69, 9.17) is 4.42 Å². The van der Waals surface area contributed by atoms with Crippen LogP contribution in [0.1, 0.15) is 56.5 Å². The third-order valence-electron chi connectivity index (χ3n) is 2.61. The van der Waals surface area contributed by atoms with Gasteiger partial charge in [0, 0.05) is 6.04 Å². The second kappa shape index (κ2) is 7.09. The Morgan fingerprint density at radius 1 is 1.44 bits per heavy atom. The van der Waals surface area contributed by atoms with Crippen LogP contribution in [0, 0.1) is 0 Å². The maximum Gasteiger partial charge on any atom is 0.287 e. The van der Waals surface area contributed by atoms with Crippen LogP contribution in [0.3, 0.4) is 0 Å². The fourth-order valence-corrected chi connectivity index (χ4v) is 1.65. The molecule has 0 saturated carbocycles. The van der Waals surface area contributed by atoms with E-state index in [2.05, 4.69) is 12.2 Å². The van der Waals surface area contributed by atoms with E-state index in [1.807, 2.05) is 6.92 Å². The third kappa shape index (κ3) is 4.51. The Morgan fingerprint density at radius 3 is 2.88 bits per heavy atom. The zero-order valence-corrected chi connectivity index (χ0v) is 10.2. The molecule has 0 radical (unpaired) electrons. The summed E-state index contributed by atoms with van der Waals surface area (Å²) < 4.78 is 5.03. The standard InChI is InChI=1S/C13H21NO2/c1-3-4-5-6-8-11(2)14-13(15)12-9-7-10-16-12/h7,9-11H,3-6,8H2,1-2H3,(H,14,15). The number of hydrogen-bond donors (Lipinski definition) is 1. The second-order valence-corrected chi connectivity index (χ2v) is 4.20.